The molecule has 1 saturated heterocycles. The molecule has 3 unspecified atom stereocenters. The second kappa shape index (κ2) is 6.50. The van der Waals surface area contributed by atoms with Gasteiger partial charge >= 0.3 is 5.97 Å². The van der Waals surface area contributed by atoms with Gasteiger partial charge in [-0.25, -0.2) is 0 Å². The van der Waals surface area contributed by atoms with Gasteiger partial charge in [0.2, 0.25) is 0 Å². The summed E-state index contributed by atoms with van der Waals surface area (Å²) in [6.07, 6.45) is 5.34. The topological polar surface area (TPSA) is 84.6 Å². The SMILES string of the molecule is C/C=C\[C@@H]1C[C@H](C(=O)O)NC1C(N)C(C)(CC)OC. The molecule has 0 aromatic rings. The Hall–Kier alpha value is -0.910. The van der Waals surface area contributed by atoms with Crippen molar-refractivity contribution in [2.45, 2.75) is 57.3 Å². The van der Waals surface area contributed by atoms with E-state index in [0.717, 1.165) is 6.42 Å². The predicted octanol–water partition coefficient (Wildman–Crippen LogP) is 1.14. The van der Waals surface area contributed by atoms with Crippen molar-refractivity contribution in [2.24, 2.45) is 11.7 Å². The Morgan fingerprint density at radius 3 is 2.74 bits per heavy atom. The van der Waals surface area contributed by atoms with Crippen LogP contribution in [0.25, 0.3) is 0 Å². The quantitative estimate of drug-likeness (QED) is 0.630. The summed E-state index contributed by atoms with van der Waals surface area (Å²) in [5.74, 6) is -0.693. The van der Waals surface area contributed by atoms with Crippen molar-refractivity contribution in [2.75, 3.05) is 7.11 Å². The highest BCUT2D eigenvalue weighted by Gasteiger charge is 2.44. The molecule has 4 N–H and O–H groups in total. The van der Waals surface area contributed by atoms with Crippen LogP contribution in [0.5, 0.6) is 0 Å². The van der Waals surface area contributed by atoms with Crippen molar-refractivity contribution in [3.63, 3.8) is 0 Å². The van der Waals surface area contributed by atoms with E-state index < -0.39 is 17.6 Å². The van der Waals surface area contributed by atoms with E-state index >= 15 is 0 Å². The first kappa shape index (κ1) is 16.1. The molecule has 19 heavy (non-hydrogen) atoms. The summed E-state index contributed by atoms with van der Waals surface area (Å²) in [6, 6.07) is -0.870. The first-order chi connectivity index (χ1) is 8.89. The minimum atomic E-state index is -0.820. The Labute approximate surface area is 115 Å². The zero-order valence-corrected chi connectivity index (χ0v) is 12.2. The van der Waals surface area contributed by atoms with Crippen LogP contribution < -0.4 is 11.1 Å². The number of nitrogens with one attached hydrogen (secondary N) is 1. The van der Waals surface area contributed by atoms with Gasteiger partial charge in [0, 0.05) is 19.2 Å². The van der Waals surface area contributed by atoms with Crippen LogP contribution in [0.15, 0.2) is 12.2 Å². The third-order valence-electron chi connectivity index (χ3n) is 4.36. The molecule has 1 heterocycles. The van der Waals surface area contributed by atoms with Gasteiger partial charge in [0.1, 0.15) is 6.04 Å². The van der Waals surface area contributed by atoms with Gasteiger partial charge in [-0.3, -0.25) is 10.1 Å². The number of carbonyl (C=O) groups is 1. The Morgan fingerprint density at radius 1 is 1.68 bits per heavy atom. The third kappa shape index (κ3) is 3.35. The molecular formula is C14H26N2O3. The highest BCUT2D eigenvalue weighted by atomic mass is 16.5. The molecule has 1 rings (SSSR count). The molecule has 1 aliphatic heterocycles. The maximum Gasteiger partial charge on any atom is 0.320 e. The summed E-state index contributed by atoms with van der Waals surface area (Å²) < 4.78 is 5.55. The van der Waals surface area contributed by atoms with Gasteiger partial charge in [0.15, 0.2) is 0 Å². The normalized spacial score (nSPS) is 32.4. The summed E-state index contributed by atoms with van der Waals surface area (Å²) in [5, 5.41) is 12.3. The number of hydrogen-bond donors (Lipinski definition) is 3. The number of nitrogens with two attached hydrogens (primary N) is 1. The maximum atomic E-state index is 11.1. The fourth-order valence-electron chi connectivity index (χ4n) is 2.73. The summed E-state index contributed by atoms with van der Waals surface area (Å²) in [7, 11) is 1.65. The lowest BCUT2D eigenvalue weighted by atomic mass is 9.83. The van der Waals surface area contributed by atoms with E-state index in [9.17, 15) is 4.79 Å². The molecule has 1 aliphatic rings. The van der Waals surface area contributed by atoms with Crippen molar-refractivity contribution in [3.05, 3.63) is 12.2 Å². The van der Waals surface area contributed by atoms with Crippen LogP contribution in [0.4, 0.5) is 0 Å². The number of methoxy groups -OCH3 is 1. The Morgan fingerprint density at radius 2 is 2.32 bits per heavy atom. The fourth-order valence-corrected chi connectivity index (χ4v) is 2.73. The highest BCUT2D eigenvalue weighted by molar-refractivity contribution is 5.74. The molecule has 0 aromatic carbocycles. The van der Waals surface area contributed by atoms with Gasteiger partial charge in [-0.05, 0) is 32.6 Å². The lowest BCUT2D eigenvalue weighted by Crippen LogP contribution is -2.59. The minimum absolute atomic E-state index is 0.0813. The van der Waals surface area contributed by atoms with Gasteiger partial charge in [-0.15, -0.1) is 0 Å². The first-order valence-electron chi connectivity index (χ1n) is 6.82. The summed E-state index contributed by atoms with van der Waals surface area (Å²) >= 11 is 0. The monoisotopic (exact) mass is 270 g/mol. The highest BCUT2D eigenvalue weighted by Crippen LogP contribution is 2.30. The van der Waals surface area contributed by atoms with Gasteiger partial charge < -0.3 is 15.6 Å². The van der Waals surface area contributed by atoms with E-state index in [1.165, 1.54) is 0 Å². The molecule has 0 radical (unpaired) electrons. The van der Waals surface area contributed by atoms with Crippen LogP contribution in [0.1, 0.15) is 33.6 Å². The second-order valence-corrected chi connectivity index (χ2v) is 5.40. The Balaban J connectivity index is 2.92. The van der Waals surface area contributed by atoms with Gasteiger partial charge in [-0.2, -0.15) is 0 Å². The summed E-state index contributed by atoms with van der Waals surface area (Å²) in [4.78, 5) is 11.1. The number of aliphatic carboxylic acids is 1. The zero-order valence-electron chi connectivity index (χ0n) is 12.2. The van der Waals surface area contributed by atoms with Crippen molar-refractivity contribution < 1.29 is 14.6 Å². The number of rotatable bonds is 6. The molecule has 0 amide bonds. The van der Waals surface area contributed by atoms with Crippen LogP contribution in [0.3, 0.4) is 0 Å². The molecule has 0 bridgehead atoms. The van der Waals surface area contributed by atoms with Crippen LogP contribution in [-0.4, -0.2) is 41.9 Å². The molecule has 0 saturated carbocycles. The summed E-state index contributed by atoms with van der Waals surface area (Å²) in [5.41, 5.74) is 5.89. The Kier molecular flexibility index (Phi) is 5.52. The minimum Gasteiger partial charge on any atom is -0.480 e. The molecule has 0 spiro atoms. The Bertz CT molecular complexity index is 340. The lowest BCUT2D eigenvalue weighted by Gasteiger charge is -2.38. The smallest absolute Gasteiger partial charge is 0.320 e. The number of hydrogen-bond acceptors (Lipinski definition) is 4. The third-order valence-corrected chi connectivity index (χ3v) is 4.36. The van der Waals surface area contributed by atoms with Crippen LogP contribution >= 0.6 is 0 Å². The first-order valence-corrected chi connectivity index (χ1v) is 6.82. The maximum absolute atomic E-state index is 11.1. The van der Waals surface area contributed by atoms with E-state index in [1.807, 2.05) is 32.9 Å². The van der Waals surface area contributed by atoms with Crippen molar-refractivity contribution in [3.8, 4) is 0 Å². The second-order valence-electron chi connectivity index (χ2n) is 5.40. The number of carboxylic acids is 1. The van der Waals surface area contributed by atoms with Crippen LogP contribution in [0, 0.1) is 5.92 Å². The lowest BCUT2D eigenvalue weighted by molar-refractivity contribution is -0.139. The molecule has 5 heteroatoms. The van der Waals surface area contributed by atoms with E-state index in [4.69, 9.17) is 15.6 Å². The van der Waals surface area contributed by atoms with Crippen molar-refractivity contribution in [1.82, 2.24) is 5.32 Å². The van der Waals surface area contributed by atoms with Gasteiger partial charge in [0.05, 0.1) is 5.60 Å². The standard InChI is InChI=1S/C14H26N2O3/c1-5-7-9-8-10(13(17)18)16-11(9)12(15)14(3,6-2)19-4/h5,7,9-12,16H,6,8,15H2,1-4H3,(H,17,18)/b7-5-/t9-,10-,11?,12?,14?/m1/s1. The van der Waals surface area contributed by atoms with Crippen molar-refractivity contribution in [1.29, 1.82) is 0 Å². The van der Waals surface area contributed by atoms with E-state index in [2.05, 4.69) is 5.32 Å². The van der Waals surface area contributed by atoms with Gasteiger partial charge in [-0.1, -0.05) is 19.1 Å². The van der Waals surface area contributed by atoms with E-state index in [-0.39, 0.29) is 18.0 Å². The molecule has 0 aliphatic carbocycles. The van der Waals surface area contributed by atoms with E-state index in [0.29, 0.717) is 6.42 Å². The molecule has 5 atom stereocenters. The predicted molar refractivity (Wildman–Crippen MR) is 74.9 cm³/mol. The fraction of sp³-hybridized carbons (Fsp3) is 0.786. The molecule has 1 fully saturated rings. The molecular weight excluding hydrogens is 244 g/mol. The molecule has 110 valence electrons. The van der Waals surface area contributed by atoms with Crippen LogP contribution in [0.2, 0.25) is 0 Å². The molecule has 0 aromatic heterocycles. The largest absolute Gasteiger partial charge is 0.480 e. The average molecular weight is 270 g/mol. The summed E-state index contributed by atoms with van der Waals surface area (Å²) in [6.45, 7) is 5.93. The number of allylic oxidation sites excluding steroid dienone is 1. The van der Waals surface area contributed by atoms with Crippen LogP contribution in [-0.2, 0) is 9.53 Å². The van der Waals surface area contributed by atoms with Gasteiger partial charge in [0.25, 0.3) is 0 Å². The average Bonchev–Trinajstić information content (AvgIpc) is 2.81. The zero-order chi connectivity index (χ0) is 14.6. The molecule has 5 nitrogen and oxygen atoms in total. The van der Waals surface area contributed by atoms with Crippen molar-refractivity contribution >= 4 is 5.97 Å². The van der Waals surface area contributed by atoms with E-state index in [1.54, 1.807) is 7.11 Å². The number of carboxylic acid groups (broad SMARTS) is 1. The number of ether oxygens (including phenoxy) is 1.